The highest BCUT2D eigenvalue weighted by atomic mass is 35.5. The van der Waals surface area contributed by atoms with E-state index in [4.69, 9.17) is 22.3 Å². The van der Waals surface area contributed by atoms with Gasteiger partial charge in [-0.3, -0.25) is 4.98 Å². The molecule has 0 bridgehead atoms. The topological polar surface area (TPSA) is 77.0 Å². The van der Waals surface area contributed by atoms with E-state index in [1.807, 2.05) is 43.3 Å². The summed E-state index contributed by atoms with van der Waals surface area (Å²) in [5, 5.41) is 0.281. The molecule has 0 saturated carbocycles. The molecule has 1 aliphatic heterocycles. The molecule has 2 N–H and O–H groups in total. The van der Waals surface area contributed by atoms with Gasteiger partial charge in [0.25, 0.3) is 0 Å². The Morgan fingerprint density at radius 3 is 2.52 bits per heavy atom. The molecule has 0 amide bonds. The number of amidine groups is 1. The van der Waals surface area contributed by atoms with Crippen LogP contribution < -0.4 is 5.73 Å². The number of benzene rings is 2. The predicted octanol–water partition coefficient (Wildman–Crippen LogP) is 4.65. The highest BCUT2D eigenvalue weighted by molar-refractivity contribution is 6.31. The standard InChI is InChI=1S/C24H17ClFN5/c1-14-7-18(5-6-30-14)24(20-9-19(25)10-21(26)22(20)23(27)31-24)17-4-2-3-15(8-17)16-11-28-13-29-12-16/h2-13H,1H3,(H2,27,31). The molecule has 7 heteroatoms. The van der Waals surface area contributed by atoms with Gasteiger partial charge in [-0.05, 0) is 53.9 Å². The minimum absolute atomic E-state index is 0.132. The fourth-order valence-corrected chi connectivity index (χ4v) is 4.37. The number of rotatable bonds is 3. The third kappa shape index (κ3) is 3.07. The van der Waals surface area contributed by atoms with Crippen LogP contribution in [0.4, 0.5) is 4.39 Å². The Labute approximate surface area is 183 Å². The number of aryl methyl sites for hydroxylation is 1. The van der Waals surface area contributed by atoms with E-state index in [9.17, 15) is 4.39 Å². The average Bonchev–Trinajstić information content (AvgIpc) is 3.08. The van der Waals surface area contributed by atoms with Crippen molar-refractivity contribution in [3.8, 4) is 11.1 Å². The van der Waals surface area contributed by atoms with E-state index in [1.54, 1.807) is 24.7 Å². The van der Waals surface area contributed by atoms with Crippen molar-refractivity contribution in [1.82, 2.24) is 15.0 Å². The molecule has 2 aromatic carbocycles. The Morgan fingerprint density at radius 1 is 0.968 bits per heavy atom. The number of aliphatic imine (C=N–C) groups is 1. The second kappa shape index (κ2) is 7.25. The van der Waals surface area contributed by atoms with Crippen molar-refractivity contribution >= 4 is 17.4 Å². The molecular weight excluding hydrogens is 413 g/mol. The summed E-state index contributed by atoms with van der Waals surface area (Å²) in [6, 6.07) is 14.6. The first-order valence-electron chi connectivity index (χ1n) is 9.63. The first kappa shape index (κ1) is 19.3. The Hall–Kier alpha value is -3.64. The molecule has 2 aromatic heterocycles. The smallest absolute Gasteiger partial charge is 0.139 e. The number of nitrogens with two attached hydrogens (primary N) is 1. The van der Waals surface area contributed by atoms with Crippen molar-refractivity contribution in [2.24, 2.45) is 10.7 Å². The number of nitrogens with zero attached hydrogens (tertiary/aromatic N) is 4. The van der Waals surface area contributed by atoms with Crippen molar-refractivity contribution in [3.63, 3.8) is 0 Å². The Bertz CT molecular complexity index is 1340. The van der Waals surface area contributed by atoms with Crippen LogP contribution in [0.15, 0.2) is 78.4 Å². The van der Waals surface area contributed by atoms with Gasteiger partial charge < -0.3 is 5.73 Å². The summed E-state index contributed by atoms with van der Waals surface area (Å²) >= 11 is 6.28. The van der Waals surface area contributed by atoms with Gasteiger partial charge in [0.1, 0.15) is 23.5 Å². The zero-order valence-electron chi connectivity index (χ0n) is 16.6. The van der Waals surface area contributed by atoms with E-state index < -0.39 is 11.4 Å². The minimum atomic E-state index is -1.06. The number of aromatic nitrogens is 3. The SMILES string of the molecule is Cc1cc(C2(c3cccc(-c4cncnc4)c3)N=C(N)c3c(F)cc(Cl)cc32)ccn1. The molecule has 3 heterocycles. The molecule has 5 nitrogen and oxygen atoms in total. The zero-order chi connectivity index (χ0) is 21.6. The van der Waals surface area contributed by atoms with Gasteiger partial charge >= 0.3 is 0 Å². The summed E-state index contributed by atoms with van der Waals surface area (Å²) in [7, 11) is 0. The lowest BCUT2D eigenvalue weighted by Gasteiger charge is -2.30. The van der Waals surface area contributed by atoms with Crippen LogP contribution in [0.25, 0.3) is 11.1 Å². The van der Waals surface area contributed by atoms with Crippen LogP contribution in [-0.4, -0.2) is 20.8 Å². The maximum absolute atomic E-state index is 14.9. The number of fused-ring (bicyclic) bond motifs is 1. The van der Waals surface area contributed by atoms with Crippen LogP contribution in [-0.2, 0) is 5.54 Å². The maximum Gasteiger partial charge on any atom is 0.139 e. The zero-order valence-corrected chi connectivity index (χ0v) is 17.3. The van der Waals surface area contributed by atoms with Crippen molar-refractivity contribution in [2.75, 3.05) is 0 Å². The fraction of sp³-hybridized carbons (Fsp3) is 0.0833. The quantitative estimate of drug-likeness (QED) is 0.514. The summed E-state index contributed by atoms with van der Waals surface area (Å²) in [4.78, 5) is 17.4. The Kier molecular flexibility index (Phi) is 4.52. The van der Waals surface area contributed by atoms with E-state index >= 15 is 0 Å². The molecule has 0 radical (unpaired) electrons. The lowest BCUT2D eigenvalue weighted by molar-refractivity contribution is 0.615. The summed E-state index contributed by atoms with van der Waals surface area (Å²) < 4.78 is 14.9. The van der Waals surface area contributed by atoms with Gasteiger partial charge in [0, 0.05) is 40.4 Å². The molecule has 1 atom stereocenters. The van der Waals surface area contributed by atoms with E-state index in [1.165, 1.54) is 12.4 Å². The molecule has 0 spiro atoms. The highest BCUT2D eigenvalue weighted by Gasteiger charge is 2.44. The van der Waals surface area contributed by atoms with E-state index in [2.05, 4.69) is 15.0 Å². The summed E-state index contributed by atoms with van der Waals surface area (Å²) in [5.41, 5.74) is 10.3. The number of halogens is 2. The third-order valence-corrected chi connectivity index (χ3v) is 5.70. The molecule has 31 heavy (non-hydrogen) atoms. The molecule has 4 aromatic rings. The largest absolute Gasteiger partial charge is 0.383 e. The fourth-order valence-electron chi connectivity index (χ4n) is 4.17. The van der Waals surface area contributed by atoms with Crippen LogP contribution >= 0.6 is 11.6 Å². The summed E-state index contributed by atoms with van der Waals surface area (Å²) in [5.74, 6) is -0.365. The van der Waals surface area contributed by atoms with Crippen LogP contribution in [0.5, 0.6) is 0 Å². The number of hydrogen-bond acceptors (Lipinski definition) is 5. The van der Waals surface area contributed by atoms with Gasteiger partial charge in [-0.2, -0.15) is 0 Å². The monoisotopic (exact) mass is 429 g/mol. The van der Waals surface area contributed by atoms with Gasteiger partial charge in [0.05, 0.1) is 5.56 Å². The first-order valence-corrected chi connectivity index (χ1v) is 10.0. The number of hydrogen-bond donors (Lipinski definition) is 1. The first-order chi connectivity index (χ1) is 15.0. The van der Waals surface area contributed by atoms with Gasteiger partial charge in [0.15, 0.2) is 0 Å². The van der Waals surface area contributed by atoms with Gasteiger partial charge in [0.2, 0.25) is 0 Å². The molecule has 0 saturated heterocycles. The van der Waals surface area contributed by atoms with E-state index in [-0.39, 0.29) is 16.4 Å². The normalized spacial score (nSPS) is 17.3. The van der Waals surface area contributed by atoms with Gasteiger partial charge in [-0.25, -0.2) is 19.4 Å². The Balaban J connectivity index is 1.84. The summed E-state index contributed by atoms with van der Waals surface area (Å²) in [6.45, 7) is 1.90. The second-order valence-electron chi connectivity index (χ2n) is 7.41. The average molecular weight is 430 g/mol. The molecule has 1 unspecified atom stereocenters. The van der Waals surface area contributed by atoms with Crippen molar-refractivity contribution < 1.29 is 4.39 Å². The predicted molar refractivity (Wildman–Crippen MR) is 118 cm³/mol. The van der Waals surface area contributed by atoms with Crippen LogP contribution in [0, 0.1) is 12.7 Å². The Morgan fingerprint density at radius 2 is 1.74 bits per heavy atom. The van der Waals surface area contributed by atoms with Crippen LogP contribution in [0.3, 0.4) is 0 Å². The van der Waals surface area contributed by atoms with Crippen molar-refractivity contribution in [2.45, 2.75) is 12.5 Å². The van der Waals surface area contributed by atoms with Crippen LogP contribution in [0.2, 0.25) is 5.02 Å². The lowest BCUT2D eigenvalue weighted by Crippen LogP contribution is -2.26. The van der Waals surface area contributed by atoms with Crippen molar-refractivity contribution in [1.29, 1.82) is 0 Å². The minimum Gasteiger partial charge on any atom is -0.383 e. The number of pyridine rings is 1. The third-order valence-electron chi connectivity index (χ3n) is 5.48. The van der Waals surface area contributed by atoms with Crippen LogP contribution in [0.1, 0.15) is 27.9 Å². The lowest BCUT2D eigenvalue weighted by atomic mass is 9.77. The maximum atomic E-state index is 14.9. The second-order valence-corrected chi connectivity index (χ2v) is 7.85. The van der Waals surface area contributed by atoms with E-state index in [0.29, 0.717) is 5.56 Å². The molecule has 0 fully saturated rings. The molecular formula is C24H17ClFN5. The molecule has 1 aliphatic rings. The van der Waals surface area contributed by atoms with Crippen molar-refractivity contribution in [3.05, 3.63) is 112 Å². The molecule has 5 rings (SSSR count). The summed E-state index contributed by atoms with van der Waals surface area (Å²) in [6.07, 6.45) is 6.68. The highest BCUT2D eigenvalue weighted by Crippen LogP contribution is 2.48. The van der Waals surface area contributed by atoms with Gasteiger partial charge in [-0.1, -0.05) is 29.8 Å². The molecule has 152 valence electrons. The van der Waals surface area contributed by atoms with Gasteiger partial charge in [-0.15, -0.1) is 0 Å². The van der Waals surface area contributed by atoms with E-state index in [0.717, 1.165) is 27.9 Å². The molecule has 0 aliphatic carbocycles.